The summed E-state index contributed by atoms with van der Waals surface area (Å²) in [6.07, 6.45) is 1.77. The molecule has 0 fully saturated rings. The van der Waals surface area contributed by atoms with Crippen LogP contribution in [0.25, 0.3) is 0 Å². The van der Waals surface area contributed by atoms with Gasteiger partial charge < -0.3 is 13.7 Å². The molecule has 0 spiro atoms. The van der Waals surface area contributed by atoms with Gasteiger partial charge in [0.25, 0.3) is 0 Å². The van der Waals surface area contributed by atoms with Gasteiger partial charge >= 0.3 is 0 Å². The smallest absolute Gasteiger partial charge is 0.241 e. The van der Waals surface area contributed by atoms with E-state index in [-0.39, 0.29) is 23.6 Å². The zero-order valence-electron chi connectivity index (χ0n) is 15.1. The van der Waals surface area contributed by atoms with Crippen molar-refractivity contribution in [3.8, 4) is 0 Å². The van der Waals surface area contributed by atoms with E-state index in [0.717, 1.165) is 0 Å². The van der Waals surface area contributed by atoms with Crippen LogP contribution in [-0.4, -0.2) is 48.6 Å². The van der Waals surface area contributed by atoms with Crippen molar-refractivity contribution in [3.63, 3.8) is 0 Å². The summed E-state index contributed by atoms with van der Waals surface area (Å²) in [6, 6.07) is 0. The molecule has 2 heterocycles. The first-order valence-corrected chi connectivity index (χ1v) is 9.41. The van der Waals surface area contributed by atoms with Gasteiger partial charge in [-0.3, -0.25) is 0 Å². The van der Waals surface area contributed by atoms with Crippen molar-refractivity contribution in [1.82, 2.24) is 19.4 Å². The molecule has 0 bridgehead atoms. The van der Waals surface area contributed by atoms with E-state index in [1.807, 2.05) is 20.8 Å². The highest BCUT2D eigenvalue weighted by Crippen LogP contribution is 2.27. The lowest BCUT2D eigenvalue weighted by Gasteiger charge is -2.18. The highest BCUT2D eigenvalue weighted by Gasteiger charge is 2.29. The Balaban J connectivity index is 2.07. The quantitative estimate of drug-likeness (QED) is 0.685. The van der Waals surface area contributed by atoms with Crippen molar-refractivity contribution >= 4 is 10.0 Å². The minimum Gasteiger partial charge on any atom is -0.448 e. The third-order valence-electron chi connectivity index (χ3n) is 3.51. The molecule has 2 rings (SSSR count). The Bertz CT molecular complexity index is 791. The van der Waals surface area contributed by atoms with E-state index in [9.17, 15) is 8.42 Å². The minimum atomic E-state index is -3.61. The van der Waals surface area contributed by atoms with E-state index in [0.29, 0.717) is 30.3 Å². The topological polar surface area (TPSA) is 112 Å². The second-order valence-electron chi connectivity index (χ2n) is 6.74. The first kappa shape index (κ1) is 19.5. The molecular weight excluding hydrogens is 348 g/mol. The van der Waals surface area contributed by atoms with Gasteiger partial charge in [0.1, 0.15) is 11.5 Å². The number of hydrogen-bond donors (Lipinski definition) is 0. The predicted octanol–water partition coefficient (Wildman–Crippen LogP) is 1.51. The van der Waals surface area contributed by atoms with Crippen molar-refractivity contribution in [2.75, 3.05) is 20.8 Å². The largest absolute Gasteiger partial charge is 0.448 e. The van der Waals surface area contributed by atoms with Gasteiger partial charge in [-0.2, -0.15) is 9.29 Å². The monoisotopic (exact) mass is 372 g/mol. The molecule has 0 N–H and O–H groups in total. The van der Waals surface area contributed by atoms with Crippen LogP contribution < -0.4 is 0 Å². The number of nitrogens with zero attached hydrogens (tertiary/aromatic N) is 4. The molecular formula is C15H24N4O5S. The maximum atomic E-state index is 12.6. The molecule has 0 aliphatic rings. The Kier molecular flexibility index (Phi) is 5.96. The molecule has 0 radical (unpaired) electrons. The summed E-state index contributed by atoms with van der Waals surface area (Å²) in [7, 11) is -0.570. The normalized spacial score (nSPS) is 12.9. The molecule has 10 heteroatoms. The van der Waals surface area contributed by atoms with E-state index in [1.165, 1.54) is 17.7 Å². The molecule has 25 heavy (non-hydrogen) atoms. The summed E-state index contributed by atoms with van der Waals surface area (Å²) in [5.41, 5.74) is 0.0773. The molecule has 0 atom stereocenters. The Hall–Kier alpha value is -1.78. The lowest BCUT2D eigenvalue weighted by atomic mass is 9.92. The number of oxazole rings is 1. The van der Waals surface area contributed by atoms with E-state index in [2.05, 4.69) is 15.1 Å². The maximum absolute atomic E-state index is 12.6. The summed E-state index contributed by atoms with van der Waals surface area (Å²) in [5, 5.41) is 3.80. The first-order chi connectivity index (χ1) is 11.6. The molecule has 9 nitrogen and oxygen atoms in total. The van der Waals surface area contributed by atoms with E-state index < -0.39 is 10.0 Å². The molecule has 2 aromatic rings. The zero-order chi connectivity index (χ0) is 18.7. The standard InChI is InChI=1S/C15H24N4O5S/c1-15(2,3)14-11(16-10-23-14)9-25(20,21)19(4)8-13-17-12(18-24-13)6-7-22-5/h10H,6-9H2,1-5H3. The van der Waals surface area contributed by atoms with Crippen LogP contribution in [0.3, 0.4) is 0 Å². The van der Waals surface area contributed by atoms with Gasteiger partial charge in [0.05, 0.1) is 18.8 Å². The van der Waals surface area contributed by atoms with Crippen LogP contribution in [0.1, 0.15) is 43.9 Å². The third kappa shape index (κ3) is 5.10. The Morgan fingerprint density at radius 1 is 1.32 bits per heavy atom. The molecule has 0 aromatic carbocycles. The molecule has 0 aliphatic carbocycles. The van der Waals surface area contributed by atoms with Gasteiger partial charge in [0.15, 0.2) is 12.2 Å². The lowest BCUT2D eigenvalue weighted by molar-refractivity contribution is 0.199. The highest BCUT2D eigenvalue weighted by molar-refractivity contribution is 7.88. The second-order valence-corrected chi connectivity index (χ2v) is 8.81. The Morgan fingerprint density at radius 2 is 2.04 bits per heavy atom. The number of aromatic nitrogens is 3. The second kappa shape index (κ2) is 7.63. The van der Waals surface area contributed by atoms with Crippen LogP contribution in [0, 0.1) is 0 Å². The predicted molar refractivity (Wildman–Crippen MR) is 89.2 cm³/mol. The van der Waals surface area contributed by atoms with E-state index in [1.54, 1.807) is 7.11 Å². The summed E-state index contributed by atoms with van der Waals surface area (Å²) >= 11 is 0. The number of rotatable bonds is 8. The number of methoxy groups -OCH3 is 1. The molecule has 0 amide bonds. The Morgan fingerprint density at radius 3 is 2.68 bits per heavy atom. The fourth-order valence-corrected chi connectivity index (χ4v) is 3.28. The highest BCUT2D eigenvalue weighted by atomic mass is 32.2. The lowest BCUT2D eigenvalue weighted by Crippen LogP contribution is -2.29. The Labute approximate surface area is 147 Å². The van der Waals surface area contributed by atoms with Gasteiger partial charge in [-0.05, 0) is 0 Å². The first-order valence-electron chi connectivity index (χ1n) is 7.80. The van der Waals surface area contributed by atoms with Crippen molar-refractivity contribution in [1.29, 1.82) is 0 Å². The molecule has 0 unspecified atom stereocenters. The van der Waals surface area contributed by atoms with Gasteiger partial charge in [-0.1, -0.05) is 25.9 Å². The van der Waals surface area contributed by atoms with Crippen molar-refractivity contribution in [2.24, 2.45) is 0 Å². The summed E-state index contributed by atoms with van der Waals surface area (Å²) < 4.78 is 41.8. The van der Waals surface area contributed by atoms with Crippen LogP contribution in [0.5, 0.6) is 0 Å². The van der Waals surface area contributed by atoms with Gasteiger partial charge in [0, 0.05) is 26.0 Å². The molecule has 0 saturated carbocycles. The molecule has 0 aliphatic heterocycles. The van der Waals surface area contributed by atoms with Crippen molar-refractivity contribution in [2.45, 2.75) is 44.9 Å². The minimum absolute atomic E-state index is 0.00891. The van der Waals surface area contributed by atoms with Crippen molar-refractivity contribution in [3.05, 3.63) is 29.6 Å². The van der Waals surface area contributed by atoms with Gasteiger partial charge in [0.2, 0.25) is 15.9 Å². The SMILES string of the molecule is COCCc1noc(CN(C)S(=O)(=O)Cc2ncoc2C(C)(C)C)n1. The average Bonchev–Trinajstić information content (AvgIpc) is 3.13. The fourth-order valence-electron chi connectivity index (χ4n) is 2.20. The summed E-state index contributed by atoms with van der Waals surface area (Å²) in [6.45, 7) is 6.27. The maximum Gasteiger partial charge on any atom is 0.241 e. The summed E-state index contributed by atoms with van der Waals surface area (Å²) in [4.78, 5) is 8.21. The zero-order valence-corrected chi connectivity index (χ0v) is 16.0. The molecule has 0 saturated heterocycles. The van der Waals surface area contributed by atoms with Crippen LogP contribution in [-0.2, 0) is 38.9 Å². The number of sulfonamides is 1. The number of ether oxygens (including phenoxy) is 1. The summed E-state index contributed by atoms with van der Waals surface area (Å²) in [5.74, 6) is 1.02. The van der Waals surface area contributed by atoms with Crippen LogP contribution in [0.4, 0.5) is 0 Å². The van der Waals surface area contributed by atoms with E-state index >= 15 is 0 Å². The van der Waals surface area contributed by atoms with Gasteiger partial charge in [-0.15, -0.1) is 0 Å². The van der Waals surface area contributed by atoms with E-state index in [4.69, 9.17) is 13.7 Å². The average molecular weight is 372 g/mol. The third-order valence-corrected chi connectivity index (χ3v) is 5.23. The fraction of sp³-hybridized carbons (Fsp3) is 0.667. The van der Waals surface area contributed by atoms with Crippen LogP contribution >= 0.6 is 0 Å². The molecule has 2 aromatic heterocycles. The van der Waals surface area contributed by atoms with Gasteiger partial charge in [-0.25, -0.2) is 13.4 Å². The van der Waals surface area contributed by atoms with Crippen LogP contribution in [0.2, 0.25) is 0 Å². The molecule has 140 valence electrons. The van der Waals surface area contributed by atoms with Crippen LogP contribution in [0.15, 0.2) is 15.3 Å². The van der Waals surface area contributed by atoms with Crippen molar-refractivity contribution < 1.29 is 22.1 Å². The number of hydrogen-bond acceptors (Lipinski definition) is 8.